The van der Waals surface area contributed by atoms with E-state index in [9.17, 15) is 9.00 Å². The maximum atomic E-state index is 9.70. The molecule has 0 aromatic heterocycles. The van der Waals surface area contributed by atoms with Crippen LogP contribution in [0.5, 0.6) is 0 Å². The highest BCUT2D eigenvalue weighted by Crippen LogP contribution is 1.47. The smallest absolute Gasteiger partial charge is 0.216 e. The van der Waals surface area contributed by atoms with Crippen LogP contribution in [0.15, 0.2) is 0 Å². The third-order valence-electron chi connectivity index (χ3n) is 0.352. The predicted octanol–water partition coefficient (Wildman–Crippen LogP) is -0.253. The first-order chi connectivity index (χ1) is 4.00. The molecule has 3 nitrogen and oxygen atoms in total. The van der Waals surface area contributed by atoms with E-state index in [1.54, 1.807) is 19.6 Å². The molecule has 0 bridgehead atoms. The van der Waals surface area contributed by atoms with E-state index in [0.717, 1.165) is 0 Å². The molecule has 0 heterocycles. The Morgan fingerprint density at radius 3 is 1.56 bits per heavy atom. The average Bonchev–Trinajstić information content (AvgIpc) is 1.65. The Labute approximate surface area is 58.3 Å². The lowest BCUT2D eigenvalue weighted by molar-refractivity contribution is -0.118. The quantitative estimate of drug-likeness (QED) is 0.519. The highest BCUT2D eigenvalue weighted by molar-refractivity contribution is 7.83. The van der Waals surface area contributed by atoms with E-state index in [2.05, 4.69) is 5.32 Å². The summed E-state index contributed by atoms with van der Waals surface area (Å²) in [5.41, 5.74) is 0. The Morgan fingerprint density at radius 2 is 1.56 bits per heavy atom. The van der Waals surface area contributed by atoms with Gasteiger partial charge in [0.25, 0.3) is 0 Å². The minimum Gasteiger partial charge on any atom is -0.359 e. The standard InChI is InChI=1S/C3H7NO.C2H6OS/c1-3(5)4-2;1-4(2)3/h1-2H3,(H,4,5);1-2H3. The van der Waals surface area contributed by atoms with Crippen LogP contribution in [0, 0.1) is 0 Å². The highest BCUT2D eigenvalue weighted by Gasteiger charge is 1.72. The van der Waals surface area contributed by atoms with E-state index in [0.29, 0.717) is 0 Å². The van der Waals surface area contributed by atoms with Crippen molar-refractivity contribution in [3.05, 3.63) is 0 Å². The largest absolute Gasteiger partial charge is 0.359 e. The van der Waals surface area contributed by atoms with Gasteiger partial charge in [-0.05, 0) is 0 Å². The van der Waals surface area contributed by atoms with Gasteiger partial charge in [-0.3, -0.25) is 9.00 Å². The molecule has 0 aliphatic heterocycles. The summed E-state index contributed by atoms with van der Waals surface area (Å²) < 4.78 is 9.56. The highest BCUT2D eigenvalue weighted by atomic mass is 32.2. The van der Waals surface area contributed by atoms with E-state index in [4.69, 9.17) is 0 Å². The normalized spacial score (nSPS) is 7.67. The van der Waals surface area contributed by atoms with Crippen LogP contribution in [0.25, 0.3) is 0 Å². The molecule has 0 aromatic rings. The van der Waals surface area contributed by atoms with E-state index >= 15 is 0 Å². The molecule has 9 heavy (non-hydrogen) atoms. The van der Waals surface area contributed by atoms with Gasteiger partial charge in [-0.15, -0.1) is 0 Å². The van der Waals surface area contributed by atoms with E-state index in [1.807, 2.05) is 0 Å². The van der Waals surface area contributed by atoms with Crippen molar-refractivity contribution in [1.82, 2.24) is 5.32 Å². The molecule has 0 aliphatic carbocycles. The molecule has 0 aliphatic rings. The van der Waals surface area contributed by atoms with Gasteiger partial charge >= 0.3 is 0 Å². The van der Waals surface area contributed by atoms with Crippen LogP contribution < -0.4 is 5.32 Å². The number of hydrogen-bond acceptors (Lipinski definition) is 2. The van der Waals surface area contributed by atoms with Crippen molar-refractivity contribution < 1.29 is 9.00 Å². The fraction of sp³-hybridized carbons (Fsp3) is 0.800. The van der Waals surface area contributed by atoms with E-state index < -0.39 is 10.8 Å². The Balaban J connectivity index is 0. The third kappa shape index (κ3) is 91.7. The van der Waals surface area contributed by atoms with Crippen molar-refractivity contribution in [2.75, 3.05) is 19.6 Å². The molecular weight excluding hydrogens is 138 g/mol. The first-order valence-corrected chi connectivity index (χ1v) is 4.40. The average molecular weight is 151 g/mol. The second-order valence-corrected chi connectivity index (χ2v) is 3.03. The van der Waals surface area contributed by atoms with Crippen LogP contribution in [0.2, 0.25) is 0 Å². The Bertz CT molecular complexity index is 99.1. The zero-order valence-corrected chi connectivity index (χ0v) is 7.04. The monoisotopic (exact) mass is 151 g/mol. The molecule has 1 amide bonds. The fourth-order valence-electron chi connectivity index (χ4n) is 0. The summed E-state index contributed by atoms with van der Waals surface area (Å²) in [4.78, 5) is 9.70. The molecule has 4 heteroatoms. The van der Waals surface area contributed by atoms with Gasteiger partial charge in [0.2, 0.25) is 5.91 Å². The zero-order chi connectivity index (χ0) is 7.86. The Kier molecular flexibility index (Phi) is 9.67. The number of nitrogens with one attached hydrogen (secondary N) is 1. The molecule has 0 aromatic carbocycles. The summed E-state index contributed by atoms with van der Waals surface area (Å²) >= 11 is 0. The van der Waals surface area contributed by atoms with Crippen molar-refractivity contribution >= 4 is 16.7 Å². The fourth-order valence-corrected chi connectivity index (χ4v) is 0. The molecule has 1 N–H and O–H groups in total. The van der Waals surface area contributed by atoms with Crippen LogP contribution in [0.4, 0.5) is 0 Å². The second-order valence-electron chi connectivity index (χ2n) is 1.55. The number of amides is 1. The van der Waals surface area contributed by atoms with Gasteiger partial charge in [-0.1, -0.05) is 0 Å². The SMILES string of the molecule is CNC(C)=O.CS(C)=O. The summed E-state index contributed by atoms with van der Waals surface area (Å²) in [5, 5.41) is 2.39. The van der Waals surface area contributed by atoms with Crippen LogP contribution in [0.1, 0.15) is 6.92 Å². The maximum absolute atomic E-state index is 9.70. The van der Waals surface area contributed by atoms with Gasteiger partial charge in [-0.2, -0.15) is 0 Å². The molecule has 0 saturated heterocycles. The molecule has 0 spiro atoms. The second kappa shape index (κ2) is 7.62. The van der Waals surface area contributed by atoms with Gasteiger partial charge < -0.3 is 5.32 Å². The lowest BCUT2D eigenvalue weighted by Crippen LogP contribution is -2.11. The van der Waals surface area contributed by atoms with Crippen LogP contribution in [-0.4, -0.2) is 29.7 Å². The van der Waals surface area contributed by atoms with Crippen molar-refractivity contribution in [2.45, 2.75) is 6.92 Å². The third-order valence-corrected chi connectivity index (χ3v) is 0.352. The molecular formula is C5H13NO2S. The van der Waals surface area contributed by atoms with Crippen molar-refractivity contribution in [3.8, 4) is 0 Å². The van der Waals surface area contributed by atoms with E-state index in [-0.39, 0.29) is 5.91 Å². The topological polar surface area (TPSA) is 46.2 Å². The molecule has 0 fully saturated rings. The van der Waals surface area contributed by atoms with Gasteiger partial charge in [0.1, 0.15) is 0 Å². The number of carbonyl (C=O) groups excluding carboxylic acids is 1. The van der Waals surface area contributed by atoms with Gasteiger partial charge in [-0.25, -0.2) is 0 Å². The van der Waals surface area contributed by atoms with Crippen molar-refractivity contribution in [2.24, 2.45) is 0 Å². The van der Waals surface area contributed by atoms with Gasteiger partial charge in [0.05, 0.1) is 0 Å². The number of rotatable bonds is 0. The lowest BCUT2D eigenvalue weighted by atomic mass is 10.7. The van der Waals surface area contributed by atoms with Crippen LogP contribution >= 0.6 is 0 Å². The van der Waals surface area contributed by atoms with Gasteiger partial charge in [0.15, 0.2) is 0 Å². The first-order valence-electron chi connectivity index (χ1n) is 2.44. The molecule has 56 valence electrons. The first kappa shape index (κ1) is 11.4. The minimum atomic E-state index is -0.611. The Morgan fingerprint density at radius 1 is 1.44 bits per heavy atom. The van der Waals surface area contributed by atoms with Crippen LogP contribution in [0.3, 0.4) is 0 Å². The summed E-state index contributed by atoms with van der Waals surface area (Å²) in [7, 11) is 0.988. The number of hydrogen-bond donors (Lipinski definition) is 1. The summed E-state index contributed by atoms with van der Waals surface area (Å²) in [6.07, 6.45) is 3.28. The summed E-state index contributed by atoms with van der Waals surface area (Å²) in [5.74, 6) is 0.00463. The number of carbonyl (C=O) groups is 1. The summed E-state index contributed by atoms with van der Waals surface area (Å²) in [6, 6.07) is 0. The molecule has 0 rings (SSSR count). The molecule has 0 unspecified atom stereocenters. The Hall–Kier alpha value is -0.380. The van der Waals surface area contributed by atoms with Crippen molar-refractivity contribution in [1.29, 1.82) is 0 Å². The van der Waals surface area contributed by atoms with Crippen molar-refractivity contribution in [3.63, 3.8) is 0 Å². The predicted molar refractivity (Wildman–Crippen MR) is 39.7 cm³/mol. The van der Waals surface area contributed by atoms with Gasteiger partial charge in [0, 0.05) is 37.3 Å². The zero-order valence-electron chi connectivity index (χ0n) is 6.22. The lowest BCUT2D eigenvalue weighted by Gasteiger charge is -1.80. The maximum Gasteiger partial charge on any atom is 0.216 e. The molecule has 0 radical (unpaired) electrons. The minimum absolute atomic E-state index is 0.00463. The molecule has 0 saturated carbocycles. The van der Waals surface area contributed by atoms with Crippen LogP contribution in [-0.2, 0) is 15.6 Å². The van der Waals surface area contributed by atoms with E-state index in [1.165, 1.54) is 6.92 Å². The summed E-state index contributed by atoms with van der Waals surface area (Å²) in [6.45, 7) is 1.47. The molecule has 0 atom stereocenters.